The maximum absolute atomic E-state index is 6.28. The summed E-state index contributed by atoms with van der Waals surface area (Å²) < 4.78 is 3.88. The number of hydrogen-bond acceptors (Lipinski definition) is 3. The first-order valence-corrected chi connectivity index (χ1v) is 12.3. The molecule has 162 valence electrons. The highest BCUT2D eigenvalue weighted by Crippen LogP contribution is 2.23. The van der Waals surface area contributed by atoms with Gasteiger partial charge < -0.3 is 10.2 Å². The Morgan fingerprint density at radius 2 is 1.61 bits per heavy atom. The Labute approximate surface area is 209 Å². The van der Waals surface area contributed by atoms with E-state index in [0.717, 1.165) is 52.3 Å². The van der Waals surface area contributed by atoms with Crippen LogP contribution in [0.1, 0.15) is 11.1 Å². The zero-order valence-electron chi connectivity index (χ0n) is 16.8. The van der Waals surface area contributed by atoms with Gasteiger partial charge >= 0.3 is 0 Å². The van der Waals surface area contributed by atoms with E-state index in [1.165, 1.54) is 5.56 Å². The molecule has 1 aliphatic rings. The highest BCUT2D eigenvalue weighted by Gasteiger charge is 2.21. The van der Waals surface area contributed by atoms with Gasteiger partial charge in [0.2, 0.25) is 0 Å². The molecule has 0 unspecified atom stereocenters. The fourth-order valence-corrected chi connectivity index (χ4v) is 4.82. The molecule has 0 saturated carbocycles. The maximum atomic E-state index is 6.28. The summed E-state index contributed by atoms with van der Waals surface area (Å²) >= 11 is 19.2. The summed E-state index contributed by atoms with van der Waals surface area (Å²) in [6.07, 6.45) is 1.93. The smallest absolute Gasteiger partial charge is 0.174 e. The number of nitrogens with zero attached hydrogens (tertiary/aromatic N) is 4. The highest BCUT2D eigenvalue weighted by atomic mass is 79.9. The van der Waals surface area contributed by atoms with Gasteiger partial charge in [-0.05, 0) is 51.4 Å². The van der Waals surface area contributed by atoms with Crippen molar-refractivity contribution in [2.24, 2.45) is 0 Å². The molecule has 1 aliphatic heterocycles. The standard InChI is InChI=1S/C22H22Br2ClN5S/c23-18-7-3-1-5-16(18)13-28-9-11-29(12-10-28)22(31)26-21-19(24)15-30(27-21)14-17-6-2-4-8-20(17)25/h1-8,15H,9-14H2,(H,26,27,31). The molecular formula is C22H22Br2ClN5S. The third-order valence-electron chi connectivity index (χ3n) is 5.24. The summed E-state index contributed by atoms with van der Waals surface area (Å²) in [4.78, 5) is 4.65. The van der Waals surface area contributed by atoms with E-state index in [2.05, 4.69) is 70.3 Å². The summed E-state index contributed by atoms with van der Waals surface area (Å²) in [7, 11) is 0. The van der Waals surface area contributed by atoms with Crippen LogP contribution in [0.5, 0.6) is 0 Å². The van der Waals surface area contributed by atoms with E-state index in [0.29, 0.717) is 17.5 Å². The lowest BCUT2D eigenvalue weighted by Crippen LogP contribution is -2.49. The Hall–Kier alpha value is -1.45. The Bertz CT molecular complexity index is 1070. The molecule has 1 saturated heterocycles. The molecular weight excluding hydrogens is 562 g/mol. The predicted octanol–water partition coefficient (Wildman–Crippen LogP) is 5.62. The Morgan fingerprint density at radius 1 is 0.935 bits per heavy atom. The van der Waals surface area contributed by atoms with Gasteiger partial charge in [-0.15, -0.1) is 0 Å². The van der Waals surface area contributed by atoms with E-state index in [9.17, 15) is 0 Å². The number of hydrogen-bond donors (Lipinski definition) is 1. The van der Waals surface area contributed by atoms with Crippen LogP contribution in [0.2, 0.25) is 5.02 Å². The Balaban J connectivity index is 1.31. The molecule has 5 nitrogen and oxygen atoms in total. The van der Waals surface area contributed by atoms with Crippen LogP contribution in [0, 0.1) is 0 Å². The number of anilines is 1. The van der Waals surface area contributed by atoms with Crippen molar-refractivity contribution < 1.29 is 0 Å². The molecule has 0 amide bonds. The minimum atomic E-state index is 0.598. The first-order chi connectivity index (χ1) is 15.0. The van der Waals surface area contributed by atoms with E-state index in [4.69, 9.17) is 23.8 Å². The van der Waals surface area contributed by atoms with Gasteiger partial charge in [0.15, 0.2) is 10.9 Å². The van der Waals surface area contributed by atoms with Crippen LogP contribution < -0.4 is 5.32 Å². The van der Waals surface area contributed by atoms with Gasteiger partial charge in [-0.1, -0.05) is 63.9 Å². The molecule has 2 heterocycles. The lowest BCUT2D eigenvalue weighted by atomic mass is 10.2. The van der Waals surface area contributed by atoms with Crippen molar-refractivity contribution in [1.29, 1.82) is 0 Å². The minimum absolute atomic E-state index is 0.598. The van der Waals surface area contributed by atoms with Crippen LogP contribution in [-0.4, -0.2) is 50.9 Å². The SMILES string of the molecule is S=C(Nc1nn(Cc2ccccc2Cl)cc1Br)N1CCN(Cc2ccccc2Br)CC1. The fourth-order valence-electron chi connectivity index (χ4n) is 3.52. The zero-order chi connectivity index (χ0) is 21.8. The van der Waals surface area contributed by atoms with Gasteiger partial charge in [-0.2, -0.15) is 5.10 Å². The summed E-state index contributed by atoms with van der Waals surface area (Å²) in [5.41, 5.74) is 2.33. The van der Waals surface area contributed by atoms with Crippen LogP contribution in [0.15, 0.2) is 63.7 Å². The largest absolute Gasteiger partial charge is 0.346 e. The molecule has 0 aliphatic carbocycles. The molecule has 0 atom stereocenters. The van der Waals surface area contributed by atoms with Gasteiger partial charge in [-0.3, -0.25) is 9.58 Å². The van der Waals surface area contributed by atoms with Crippen LogP contribution in [0.3, 0.4) is 0 Å². The van der Waals surface area contributed by atoms with Crippen molar-refractivity contribution in [2.75, 3.05) is 31.5 Å². The number of aromatic nitrogens is 2. The number of benzene rings is 2. The molecule has 0 spiro atoms. The summed E-state index contributed by atoms with van der Waals surface area (Å²) in [5.74, 6) is 0.715. The normalized spacial score (nSPS) is 14.6. The van der Waals surface area contributed by atoms with Crippen molar-refractivity contribution in [3.05, 3.63) is 79.8 Å². The second-order valence-electron chi connectivity index (χ2n) is 7.40. The van der Waals surface area contributed by atoms with Gasteiger partial charge in [0.05, 0.1) is 11.0 Å². The Morgan fingerprint density at radius 3 is 2.32 bits per heavy atom. The molecule has 3 aromatic rings. The van der Waals surface area contributed by atoms with Crippen molar-refractivity contribution in [3.8, 4) is 0 Å². The number of thiocarbonyl (C=S) groups is 1. The summed E-state index contributed by atoms with van der Waals surface area (Å²) in [6, 6.07) is 16.2. The van der Waals surface area contributed by atoms with E-state index in [-0.39, 0.29) is 0 Å². The van der Waals surface area contributed by atoms with Crippen LogP contribution in [0.4, 0.5) is 5.82 Å². The van der Waals surface area contributed by atoms with E-state index < -0.39 is 0 Å². The molecule has 1 fully saturated rings. The second kappa shape index (κ2) is 10.4. The molecule has 0 bridgehead atoms. The van der Waals surface area contributed by atoms with E-state index in [1.54, 1.807) is 0 Å². The first kappa shape index (κ1) is 22.7. The zero-order valence-corrected chi connectivity index (χ0v) is 21.5. The molecule has 1 N–H and O–H groups in total. The average Bonchev–Trinajstić information content (AvgIpc) is 3.10. The summed E-state index contributed by atoms with van der Waals surface area (Å²) in [6.45, 7) is 5.23. The molecule has 4 rings (SSSR count). The third kappa shape index (κ3) is 5.87. The predicted molar refractivity (Wildman–Crippen MR) is 138 cm³/mol. The van der Waals surface area contributed by atoms with Gasteiger partial charge in [0.1, 0.15) is 0 Å². The molecule has 9 heteroatoms. The van der Waals surface area contributed by atoms with E-state index >= 15 is 0 Å². The quantitative estimate of drug-likeness (QED) is 0.395. The van der Waals surface area contributed by atoms with Gasteiger partial charge in [0, 0.05) is 48.4 Å². The second-order valence-corrected chi connectivity index (χ2v) is 9.90. The number of rotatable bonds is 5. The first-order valence-electron chi connectivity index (χ1n) is 9.97. The van der Waals surface area contributed by atoms with Gasteiger partial charge in [0.25, 0.3) is 0 Å². The minimum Gasteiger partial charge on any atom is -0.346 e. The number of halogens is 3. The maximum Gasteiger partial charge on any atom is 0.174 e. The Kier molecular flexibility index (Phi) is 7.66. The lowest BCUT2D eigenvalue weighted by molar-refractivity contribution is 0.176. The van der Waals surface area contributed by atoms with Crippen molar-refractivity contribution in [2.45, 2.75) is 13.1 Å². The van der Waals surface area contributed by atoms with Crippen LogP contribution in [-0.2, 0) is 13.1 Å². The van der Waals surface area contributed by atoms with Gasteiger partial charge in [-0.25, -0.2) is 0 Å². The number of piperazine rings is 1. The number of nitrogens with one attached hydrogen (secondary N) is 1. The molecule has 2 aromatic carbocycles. The van der Waals surface area contributed by atoms with Crippen molar-refractivity contribution in [1.82, 2.24) is 19.6 Å². The lowest BCUT2D eigenvalue weighted by Gasteiger charge is -2.36. The van der Waals surface area contributed by atoms with Crippen molar-refractivity contribution >= 4 is 66.6 Å². The van der Waals surface area contributed by atoms with E-state index in [1.807, 2.05) is 41.2 Å². The van der Waals surface area contributed by atoms with Crippen LogP contribution in [0.25, 0.3) is 0 Å². The summed E-state index contributed by atoms with van der Waals surface area (Å²) in [5, 5.41) is 9.36. The third-order valence-corrected chi connectivity index (χ3v) is 7.33. The fraction of sp³-hybridized carbons (Fsp3) is 0.273. The van der Waals surface area contributed by atoms with Crippen molar-refractivity contribution in [3.63, 3.8) is 0 Å². The van der Waals surface area contributed by atoms with Crippen LogP contribution >= 0.6 is 55.7 Å². The molecule has 1 aromatic heterocycles. The average molecular weight is 584 g/mol. The monoisotopic (exact) mass is 581 g/mol. The topological polar surface area (TPSA) is 36.3 Å². The highest BCUT2D eigenvalue weighted by molar-refractivity contribution is 9.10. The molecule has 31 heavy (non-hydrogen) atoms. The molecule has 0 radical (unpaired) electrons.